The molecule has 2 aromatic rings. The number of H-pyrrole nitrogens is 1. The lowest BCUT2D eigenvalue weighted by molar-refractivity contribution is -0.137. The van der Waals surface area contributed by atoms with Gasteiger partial charge in [0.05, 0.1) is 12.2 Å². The highest BCUT2D eigenvalue weighted by molar-refractivity contribution is 5.79. The highest BCUT2D eigenvalue weighted by Gasteiger charge is 2.49. The van der Waals surface area contributed by atoms with Crippen LogP contribution in [0.3, 0.4) is 0 Å². The highest BCUT2D eigenvalue weighted by Crippen LogP contribution is 2.45. The molecule has 3 heterocycles. The van der Waals surface area contributed by atoms with E-state index in [2.05, 4.69) is 10.2 Å². The molecule has 0 bridgehead atoms. The quantitative estimate of drug-likeness (QED) is 0.802. The number of aryl methyl sites for hydroxylation is 1. The Morgan fingerprint density at radius 2 is 2.14 bits per heavy atom. The van der Waals surface area contributed by atoms with Gasteiger partial charge in [-0.2, -0.15) is 5.10 Å². The molecule has 0 spiro atoms. The van der Waals surface area contributed by atoms with E-state index in [9.17, 15) is 14.0 Å². The van der Waals surface area contributed by atoms with Crippen LogP contribution in [0.2, 0.25) is 0 Å². The van der Waals surface area contributed by atoms with Crippen LogP contribution in [-0.2, 0) is 20.7 Å². The zero-order valence-corrected chi connectivity index (χ0v) is 16.4. The fourth-order valence-corrected chi connectivity index (χ4v) is 4.65. The molecule has 2 fully saturated rings. The Kier molecular flexibility index (Phi) is 5.62. The van der Waals surface area contributed by atoms with Gasteiger partial charge in [0.1, 0.15) is 12.4 Å². The monoisotopic (exact) mass is 400 g/mol. The normalized spacial score (nSPS) is 23.4. The summed E-state index contributed by atoms with van der Waals surface area (Å²) in [5.41, 5.74) is 1.78. The van der Waals surface area contributed by atoms with Crippen molar-refractivity contribution in [3.8, 4) is 0 Å². The fourth-order valence-electron chi connectivity index (χ4n) is 4.65. The van der Waals surface area contributed by atoms with Gasteiger partial charge in [-0.25, -0.2) is 4.39 Å². The number of nitrogens with zero attached hydrogens (tertiary/aromatic N) is 3. The van der Waals surface area contributed by atoms with Crippen LogP contribution >= 0.6 is 0 Å². The molecule has 0 unspecified atom stereocenters. The number of benzene rings is 1. The number of carbonyl (C=O) groups is 2. The van der Waals surface area contributed by atoms with Gasteiger partial charge in [0.2, 0.25) is 11.8 Å². The third-order valence-electron chi connectivity index (χ3n) is 5.98. The molecule has 2 saturated heterocycles. The van der Waals surface area contributed by atoms with E-state index in [1.165, 1.54) is 19.2 Å². The van der Waals surface area contributed by atoms with Crippen LogP contribution in [0.5, 0.6) is 0 Å². The summed E-state index contributed by atoms with van der Waals surface area (Å²) in [6.45, 7) is 1.75. The number of methoxy groups -OCH3 is 1. The maximum Gasteiger partial charge on any atom is 0.249 e. The zero-order valence-electron chi connectivity index (χ0n) is 16.4. The summed E-state index contributed by atoms with van der Waals surface area (Å²) in [7, 11) is 1.49. The van der Waals surface area contributed by atoms with Crippen molar-refractivity contribution >= 4 is 11.8 Å². The predicted octanol–water partition coefficient (Wildman–Crippen LogP) is 1.79. The summed E-state index contributed by atoms with van der Waals surface area (Å²) in [6, 6.07) is 6.16. The molecule has 2 aliphatic heterocycles. The molecular formula is C21H25FN4O3. The number of hydrogen-bond acceptors (Lipinski definition) is 4. The van der Waals surface area contributed by atoms with Crippen LogP contribution in [0.25, 0.3) is 0 Å². The number of halogens is 1. The van der Waals surface area contributed by atoms with Crippen LogP contribution in [0, 0.1) is 17.7 Å². The first-order valence-corrected chi connectivity index (χ1v) is 9.86. The number of nitrogens with one attached hydrogen (secondary N) is 1. The molecule has 7 nitrogen and oxygen atoms in total. The van der Waals surface area contributed by atoms with Gasteiger partial charge >= 0.3 is 0 Å². The molecule has 1 N–H and O–H groups in total. The largest absolute Gasteiger partial charge is 0.375 e. The van der Waals surface area contributed by atoms with Crippen molar-refractivity contribution in [2.45, 2.75) is 18.9 Å². The first kappa shape index (κ1) is 19.6. The third kappa shape index (κ3) is 4.03. The topological polar surface area (TPSA) is 78.5 Å². The maximum absolute atomic E-state index is 13.9. The standard InChI is InChI=1S/C21H25FN4O3/c1-29-13-20(28)26-11-16-10-25(19(27)6-5-14-8-23-24-9-14)12-18(16)21(26)15-3-2-4-17(22)7-15/h2-4,7-9,16,18,21H,5-6,10-13H2,1H3,(H,23,24)/t16-,18-,21+/m1/s1. The third-order valence-corrected chi connectivity index (χ3v) is 5.98. The smallest absolute Gasteiger partial charge is 0.249 e. The van der Waals surface area contributed by atoms with E-state index >= 15 is 0 Å². The molecule has 1 aromatic heterocycles. The number of aromatic nitrogens is 2. The zero-order chi connectivity index (χ0) is 20.4. The lowest BCUT2D eigenvalue weighted by atomic mass is 9.89. The van der Waals surface area contributed by atoms with E-state index < -0.39 is 0 Å². The van der Waals surface area contributed by atoms with Gasteiger partial charge in [0, 0.05) is 51.2 Å². The second-order valence-electron chi connectivity index (χ2n) is 7.81. The Labute approximate surface area is 168 Å². The van der Waals surface area contributed by atoms with Crippen molar-refractivity contribution in [3.05, 3.63) is 53.6 Å². The molecule has 154 valence electrons. The molecule has 2 aliphatic rings. The van der Waals surface area contributed by atoms with E-state index in [4.69, 9.17) is 4.74 Å². The second kappa shape index (κ2) is 8.32. The van der Waals surface area contributed by atoms with Crippen LogP contribution in [0.1, 0.15) is 23.6 Å². The number of ether oxygens (including phenoxy) is 1. The Bertz CT molecular complexity index is 873. The van der Waals surface area contributed by atoms with Crippen LogP contribution in [-0.4, -0.2) is 65.2 Å². The molecule has 2 amide bonds. The van der Waals surface area contributed by atoms with Crippen molar-refractivity contribution in [1.82, 2.24) is 20.0 Å². The minimum Gasteiger partial charge on any atom is -0.375 e. The summed E-state index contributed by atoms with van der Waals surface area (Å²) in [5.74, 6) is -0.0454. The van der Waals surface area contributed by atoms with E-state index in [1.54, 1.807) is 23.4 Å². The fraction of sp³-hybridized carbons (Fsp3) is 0.476. The van der Waals surface area contributed by atoms with Gasteiger partial charge < -0.3 is 14.5 Å². The van der Waals surface area contributed by atoms with Crippen LogP contribution in [0.15, 0.2) is 36.7 Å². The van der Waals surface area contributed by atoms with Crippen molar-refractivity contribution in [3.63, 3.8) is 0 Å². The van der Waals surface area contributed by atoms with Gasteiger partial charge in [-0.05, 0) is 29.7 Å². The molecule has 0 saturated carbocycles. The summed E-state index contributed by atoms with van der Waals surface area (Å²) >= 11 is 0. The molecule has 0 aliphatic carbocycles. The van der Waals surface area contributed by atoms with E-state index in [1.807, 2.05) is 11.0 Å². The number of fused-ring (bicyclic) bond motifs is 1. The minimum atomic E-state index is -0.323. The van der Waals surface area contributed by atoms with Gasteiger partial charge in [0.15, 0.2) is 0 Å². The number of hydrogen-bond donors (Lipinski definition) is 1. The minimum absolute atomic E-state index is 0.00139. The lowest BCUT2D eigenvalue weighted by Crippen LogP contribution is -2.39. The Balaban J connectivity index is 1.49. The van der Waals surface area contributed by atoms with Crippen molar-refractivity contribution in [2.75, 3.05) is 33.4 Å². The molecule has 29 heavy (non-hydrogen) atoms. The molecule has 1 aromatic carbocycles. The van der Waals surface area contributed by atoms with Gasteiger partial charge in [-0.15, -0.1) is 0 Å². The van der Waals surface area contributed by atoms with Gasteiger partial charge in [-0.1, -0.05) is 12.1 Å². The number of rotatable bonds is 6. The van der Waals surface area contributed by atoms with E-state index in [0.717, 1.165) is 11.1 Å². The average molecular weight is 400 g/mol. The second-order valence-corrected chi connectivity index (χ2v) is 7.81. The van der Waals surface area contributed by atoms with E-state index in [0.29, 0.717) is 32.5 Å². The van der Waals surface area contributed by atoms with Gasteiger partial charge in [-0.3, -0.25) is 14.7 Å². The first-order valence-electron chi connectivity index (χ1n) is 9.86. The first-order chi connectivity index (χ1) is 14.1. The number of carbonyl (C=O) groups excluding carboxylic acids is 2. The van der Waals surface area contributed by atoms with E-state index in [-0.39, 0.29) is 42.1 Å². The highest BCUT2D eigenvalue weighted by atomic mass is 19.1. The Hall–Kier alpha value is -2.74. The number of amides is 2. The molecule has 8 heteroatoms. The maximum atomic E-state index is 13.9. The number of aromatic amines is 1. The average Bonchev–Trinajstić information content (AvgIpc) is 3.42. The summed E-state index contributed by atoms with van der Waals surface area (Å²) in [5, 5.41) is 6.66. The predicted molar refractivity (Wildman–Crippen MR) is 103 cm³/mol. The van der Waals surface area contributed by atoms with Crippen molar-refractivity contribution in [2.24, 2.45) is 11.8 Å². The summed E-state index contributed by atoms with van der Waals surface area (Å²) < 4.78 is 18.9. The van der Waals surface area contributed by atoms with Crippen LogP contribution < -0.4 is 0 Å². The summed E-state index contributed by atoms with van der Waals surface area (Å²) in [6.07, 6.45) is 4.60. The Morgan fingerprint density at radius 3 is 2.86 bits per heavy atom. The molecule has 4 rings (SSSR count). The molecule has 3 atom stereocenters. The van der Waals surface area contributed by atoms with Crippen molar-refractivity contribution in [1.29, 1.82) is 0 Å². The summed E-state index contributed by atoms with van der Waals surface area (Å²) in [4.78, 5) is 29.0. The Morgan fingerprint density at radius 1 is 1.28 bits per heavy atom. The molecule has 0 radical (unpaired) electrons. The SMILES string of the molecule is COCC(=O)N1C[C@H]2CN(C(=O)CCc3cn[nH]c3)C[C@H]2[C@@H]1c1cccc(F)c1. The van der Waals surface area contributed by atoms with Crippen LogP contribution in [0.4, 0.5) is 4.39 Å². The van der Waals surface area contributed by atoms with Crippen molar-refractivity contribution < 1.29 is 18.7 Å². The van der Waals surface area contributed by atoms with Gasteiger partial charge in [0.25, 0.3) is 0 Å². The molecular weight excluding hydrogens is 375 g/mol. The number of likely N-dealkylation sites (tertiary alicyclic amines) is 2. The lowest BCUT2D eigenvalue weighted by Gasteiger charge is -2.30.